The summed E-state index contributed by atoms with van der Waals surface area (Å²) < 4.78 is 0. The Balaban J connectivity index is 2.81. The van der Waals surface area contributed by atoms with Crippen molar-refractivity contribution in [3.63, 3.8) is 0 Å². The van der Waals surface area contributed by atoms with Crippen LogP contribution < -0.4 is 0 Å². The summed E-state index contributed by atoms with van der Waals surface area (Å²) in [5.74, 6) is 0.477. The third-order valence-electron chi connectivity index (χ3n) is 2.39. The number of hydrogen-bond acceptors (Lipinski definition) is 2. The van der Waals surface area contributed by atoms with Crippen molar-refractivity contribution in [2.45, 2.75) is 13.3 Å². The standard InChI is InChI=1S/C12H12O2/c1-2-8-5-11(14)7-9-6-10(13)3-4-12(8)9/h3-7,13-14H,2H2,1H3. The summed E-state index contributed by atoms with van der Waals surface area (Å²) in [6, 6.07) is 8.63. The van der Waals surface area contributed by atoms with Crippen LogP contribution in [-0.4, -0.2) is 10.2 Å². The first-order valence-corrected chi connectivity index (χ1v) is 4.65. The van der Waals surface area contributed by atoms with Crippen molar-refractivity contribution in [1.29, 1.82) is 0 Å². The predicted octanol–water partition coefficient (Wildman–Crippen LogP) is 2.81. The zero-order valence-electron chi connectivity index (χ0n) is 7.99. The van der Waals surface area contributed by atoms with Crippen molar-refractivity contribution < 1.29 is 10.2 Å². The first-order valence-electron chi connectivity index (χ1n) is 4.65. The minimum absolute atomic E-state index is 0.227. The normalized spacial score (nSPS) is 10.6. The zero-order valence-corrected chi connectivity index (χ0v) is 7.99. The summed E-state index contributed by atoms with van der Waals surface area (Å²) in [5, 5.41) is 20.7. The number of rotatable bonds is 1. The van der Waals surface area contributed by atoms with Gasteiger partial charge in [0.15, 0.2) is 0 Å². The van der Waals surface area contributed by atoms with Crippen LogP contribution >= 0.6 is 0 Å². The molecular formula is C12H12O2. The van der Waals surface area contributed by atoms with Crippen molar-refractivity contribution in [2.24, 2.45) is 0 Å². The minimum Gasteiger partial charge on any atom is -0.508 e. The average Bonchev–Trinajstić information content (AvgIpc) is 2.15. The molecule has 72 valence electrons. The summed E-state index contributed by atoms with van der Waals surface area (Å²) >= 11 is 0. The molecule has 14 heavy (non-hydrogen) atoms. The highest BCUT2D eigenvalue weighted by molar-refractivity contribution is 5.88. The topological polar surface area (TPSA) is 40.5 Å². The molecule has 0 aliphatic carbocycles. The summed E-state index contributed by atoms with van der Waals surface area (Å²) in [5.41, 5.74) is 1.10. The molecule has 0 aromatic heterocycles. The smallest absolute Gasteiger partial charge is 0.116 e. The van der Waals surface area contributed by atoms with E-state index in [1.54, 1.807) is 24.3 Å². The third-order valence-corrected chi connectivity index (χ3v) is 2.39. The van der Waals surface area contributed by atoms with Gasteiger partial charge in [0.2, 0.25) is 0 Å². The van der Waals surface area contributed by atoms with Crippen LogP contribution in [0.1, 0.15) is 12.5 Å². The Morgan fingerprint density at radius 3 is 2.43 bits per heavy atom. The molecule has 2 aromatic rings. The molecule has 0 fully saturated rings. The molecule has 0 heterocycles. The first-order chi connectivity index (χ1) is 6.70. The number of hydrogen-bond donors (Lipinski definition) is 2. The molecule has 0 spiro atoms. The van der Waals surface area contributed by atoms with E-state index in [1.165, 1.54) is 0 Å². The van der Waals surface area contributed by atoms with Crippen molar-refractivity contribution in [3.8, 4) is 11.5 Å². The third kappa shape index (κ3) is 1.39. The zero-order chi connectivity index (χ0) is 10.1. The lowest BCUT2D eigenvalue weighted by molar-refractivity contribution is 0.474. The summed E-state index contributed by atoms with van der Waals surface area (Å²) in [6.07, 6.45) is 0.871. The van der Waals surface area contributed by atoms with Crippen LogP contribution in [0.25, 0.3) is 10.8 Å². The second-order valence-corrected chi connectivity index (χ2v) is 3.36. The molecule has 0 bridgehead atoms. The van der Waals surface area contributed by atoms with Gasteiger partial charge in [-0.3, -0.25) is 0 Å². The molecule has 0 amide bonds. The summed E-state index contributed by atoms with van der Waals surface area (Å²) in [7, 11) is 0. The molecule has 0 atom stereocenters. The Morgan fingerprint density at radius 1 is 1.00 bits per heavy atom. The van der Waals surface area contributed by atoms with Gasteiger partial charge in [0.1, 0.15) is 11.5 Å². The van der Waals surface area contributed by atoms with Crippen molar-refractivity contribution in [3.05, 3.63) is 35.9 Å². The average molecular weight is 188 g/mol. The molecule has 0 aliphatic rings. The van der Waals surface area contributed by atoms with Gasteiger partial charge in [0.25, 0.3) is 0 Å². The van der Waals surface area contributed by atoms with Crippen molar-refractivity contribution >= 4 is 10.8 Å². The molecule has 2 N–H and O–H groups in total. The fraction of sp³-hybridized carbons (Fsp3) is 0.167. The number of fused-ring (bicyclic) bond motifs is 1. The van der Waals surface area contributed by atoms with Gasteiger partial charge < -0.3 is 10.2 Å². The Hall–Kier alpha value is -1.70. The van der Waals surface area contributed by atoms with E-state index in [9.17, 15) is 10.2 Å². The van der Waals surface area contributed by atoms with Crippen molar-refractivity contribution in [2.75, 3.05) is 0 Å². The van der Waals surface area contributed by atoms with Crippen LogP contribution in [0.5, 0.6) is 11.5 Å². The second-order valence-electron chi connectivity index (χ2n) is 3.36. The van der Waals surface area contributed by atoms with Gasteiger partial charge in [-0.05, 0) is 47.0 Å². The van der Waals surface area contributed by atoms with Gasteiger partial charge in [-0.15, -0.1) is 0 Å². The van der Waals surface area contributed by atoms with E-state index in [4.69, 9.17) is 0 Å². The van der Waals surface area contributed by atoms with Crippen LogP contribution in [0.4, 0.5) is 0 Å². The highest BCUT2D eigenvalue weighted by Crippen LogP contribution is 2.27. The highest BCUT2D eigenvalue weighted by atomic mass is 16.3. The SMILES string of the molecule is CCc1cc(O)cc2cc(O)ccc12. The monoisotopic (exact) mass is 188 g/mol. The van der Waals surface area contributed by atoms with Crippen LogP contribution in [0.15, 0.2) is 30.3 Å². The number of aryl methyl sites for hydroxylation is 1. The van der Waals surface area contributed by atoms with Gasteiger partial charge in [-0.25, -0.2) is 0 Å². The summed E-state index contributed by atoms with van der Waals surface area (Å²) in [6.45, 7) is 2.04. The van der Waals surface area contributed by atoms with Gasteiger partial charge in [0.05, 0.1) is 0 Å². The molecule has 0 saturated heterocycles. The lowest BCUT2D eigenvalue weighted by atomic mass is 10.0. The Morgan fingerprint density at radius 2 is 1.71 bits per heavy atom. The van der Waals surface area contributed by atoms with Gasteiger partial charge in [-0.1, -0.05) is 13.0 Å². The van der Waals surface area contributed by atoms with Crippen LogP contribution in [0.3, 0.4) is 0 Å². The van der Waals surface area contributed by atoms with E-state index < -0.39 is 0 Å². The van der Waals surface area contributed by atoms with E-state index in [2.05, 4.69) is 0 Å². The molecule has 2 heteroatoms. The molecule has 0 unspecified atom stereocenters. The second kappa shape index (κ2) is 3.22. The highest BCUT2D eigenvalue weighted by Gasteiger charge is 2.02. The predicted molar refractivity (Wildman–Crippen MR) is 56.7 cm³/mol. The maximum absolute atomic E-state index is 9.45. The molecule has 2 rings (SSSR count). The van der Waals surface area contributed by atoms with E-state index >= 15 is 0 Å². The maximum atomic E-state index is 9.45. The quantitative estimate of drug-likeness (QED) is 0.722. The lowest BCUT2D eigenvalue weighted by Gasteiger charge is -2.05. The van der Waals surface area contributed by atoms with Gasteiger partial charge in [0, 0.05) is 0 Å². The Bertz CT molecular complexity index is 470. The van der Waals surface area contributed by atoms with Crippen LogP contribution in [0, 0.1) is 0 Å². The number of phenols is 2. The number of phenolic OH excluding ortho intramolecular Hbond substituents is 2. The Kier molecular flexibility index (Phi) is 2.04. The van der Waals surface area contributed by atoms with E-state index in [1.807, 2.05) is 13.0 Å². The molecule has 2 nitrogen and oxygen atoms in total. The van der Waals surface area contributed by atoms with E-state index in [0.29, 0.717) is 0 Å². The minimum atomic E-state index is 0.227. The maximum Gasteiger partial charge on any atom is 0.116 e. The molecule has 0 radical (unpaired) electrons. The van der Waals surface area contributed by atoms with E-state index in [0.717, 1.165) is 22.8 Å². The lowest BCUT2D eigenvalue weighted by Crippen LogP contribution is -1.83. The fourth-order valence-corrected chi connectivity index (χ4v) is 1.71. The molecule has 0 aliphatic heterocycles. The fourth-order valence-electron chi connectivity index (χ4n) is 1.71. The molecule has 0 saturated carbocycles. The van der Waals surface area contributed by atoms with Crippen LogP contribution in [-0.2, 0) is 6.42 Å². The van der Waals surface area contributed by atoms with Gasteiger partial charge in [-0.2, -0.15) is 0 Å². The molecular weight excluding hydrogens is 176 g/mol. The first kappa shape index (κ1) is 8.88. The van der Waals surface area contributed by atoms with Crippen LogP contribution in [0.2, 0.25) is 0 Å². The largest absolute Gasteiger partial charge is 0.508 e. The Labute approximate surface area is 82.4 Å². The van der Waals surface area contributed by atoms with E-state index in [-0.39, 0.29) is 11.5 Å². The summed E-state index contributed by atoms with van der Waals surface area (Å²) in [4.78, 5) is 0. The van der Waals surface area contributed by atoms with Crippen molar-refractivity contribution in [1.82, 2.24) is 0 Å². The molecule has 2 aromatic carbocycles. The van der Waals surface area contributed by atoms with Gasteiger partial charge >= 0.3 is 0 Å². The number of aromatic hydroxyl groups is 2. The number of benzene rings is 2.